The Morgan fingerprint density at radius 1 is 1.17 bits per heavy atom. The van der Waals surface area contributed by atoms with Crippen molar-refractivity contribution < 1.29 is 4.79 Å². The Hall–Kier alpha value is -0.570. The molecule has 3 heteroatoms. The third kappa shape index (κ3) is 8.51. The predicted molar refractivity (Wildman–Crippen MR) is 80.8 cm³/mol. The average Bonchev–Trinajstić information content (AvgIpc) is 2.44. The highest BCUT2D eigenvalue weighted by Gasteiger charge is 2.19. The molecule has 110 valence electrons. The first-order valence-electron chi connectivity index (χ1n) is 7.56. The Labute approximate surface area is 115 Å². The van der Waals surface area contributed by atoms with Crippen molar-refractivity contribution >= 4 is 5.91 Å². The van der Waals surface area contributed by atoms with Crippen LogP contribution in [0.5, 0.6) is 0 Å². The van der Waals surface area contributed by atoms with Gasteiger partial charge in [-0.15, -0.1) is 0 Å². The maximum absolute atomic E-state index is 11.4. The molecule has 1 amide bonds. The maximum atomic E-state index is 11.4. The van der Waals surface area contributed by atoms with Gasteiger partial charge in [0.2, 0.25) is 5.91 Å². The summed E-state index contributed by atoms with van der Waals surface area (Å²) in [4.78, 5) is 15.6. The van der Waals surface area contributed by atoms with E-state index in [1.807, 2.05) is 46.6 Å². The van der Waals surface area contributed by atoms with Gasteiger partial charge in [0.25, 0.3) is 0 Å². The molecule has 0 aliphatic carbocycles. The van der Waals surface area contributed by atoms with Crippen molar-refractivity contribution in [3.05, 3.63) is 0 Å². The molecule has 1 heterocycles. The summed E-state index contributed by atoms with van der Waals surface area (Å²) in [6.07, 6.45) is 3.10. The van der Waals surface area contributed by atoms with Gasteiger partial charge in [0.15, 0.2) is 0 Å². The van der Waals surface area contributed by atoms with Crippen molar-refractivity contribution in [1.82, 2.24) is 9.80 Å². The Bertz CT molecular complexity index is 187. The molecule has 0 bridgehead atoms. The monoisotopic (exact) mass is 258 g/mol. The van der Waals surface area contributed by atoms with E-state index >= 15 is 0 Å². The highest BCUT2D eigenvalue weighted by atomic mass is 16.2. The van der Waals surface area contributed by atoms with Crippen molar-refractivity contribution in [1.29, 1.82) is 0 Å². The highest BCUT2D eigenvalue weighted by Crippen LogP contribution is 2.16. The molecule has 0 aromatic rings. The number of hydrogen-bond acceptors (Lipinski definition) is 2. The molecular weight excluding hydrogens is 224 g/mol. The number of nitrogens with zero attached hydrogens (tertiary/aromatic N) is 2. The lowest BCUT2D eigenvalue weighted by molar-refractivity contribution is -0.130. The van der Waals surface area contributed by atoms with Gasteiger partial charge < -0.3 is 9.80 Å². The largest absolute Gasteiger partial charge is 0.345 e. The molecule has 0 aromatic heterocycles. The summed E-state index contributed by atoms with van der Waals surface area (Å²) in [6, 6.07) is 0. The lowest BCUT2D eigenvalue weighted by atomic mass is 9.96. The first-order chi connectivity index (χ1) is 8.63. The fourth-order valence-electron chi connectivity index (χ4n) is 2.00. The Balaban J connectivity index is 0. The zero-order chi connectivity index (χ0) is 14.6. The number of rotatable bonds is 3. The summed E-state index contributed by atoms with van der Waals surface area (Å²) in [6.45, 7) is 13.2. The molecule has 3 nitrogen and oxygen atoms in total. The van der Waals surface area contributed by atoms with Gasteiger partial charge in [-0.1, -0.05) is 34.6 Å². The van der Waals surface area contributed by atoms with Gasteiger partial charge in [-0.05, 0) is 38.9 Å². The van der Waals surface area contributed by atoms with Crippen LogP contribution >= 0.6 is 0 Å². The molecule has 1 fully saturated rings. The van der Waals surface area contributed by atoms with Crippen LogP contribution in [-0.2, 0) is 4.79 Å². The summed E-state index contributed by atoms with van der Waals surface area (Å²) in [5, 5.41) is 0. The lowest BCUT2D eigenvalue weighted by Crippen LogP contribution is -2.37. The van der Waals surface area contributed by atoms with Crippen molar-refractivity contribution in [3.63, 3.8) is 0 Å². The smallest absolute Gasteiger partial charge is 0.222 e. The molecule has 18 heavy (non-hydrogen) atoms. The molecule has 0 unspecified atom stereocenters. The number of carbonyl (C=O) groups excluding carboxylic acids is 1. The van der Waals surface area contributed by atoms with Gasteiger partial charge in [0.05, 0.1) is 0 Å². The van der Waals surface area contributed by atoms with Crippen LogP contribution in [0.4, 0.5) is 0 Å². The van der Waals surface area contributed by atoms with Crippen LogP contribution in [0.15, 0.2) is 0 Å². The third-order valence-electron chi connectivity index (χ3n) is 3.10. The van der Waals surface area contributed by atoms with Crippen molar-refractivity contribution in [2.45, 2.75) is 53.9 Å². The topological polar surface area (TPSA) is 23.6 Å². The second-order valence-corrected chi connectivity index (χ2v) is 4.37. The fraction of sp³-hybridized carbons (Fsp3) is 0.933. The molecule has 1 aliphatic rings. The van der Waals surface area contributed by atoms with E-state index in [0.29, 0.717) is 12.3 Å². The SMILES string of the molecule is CC.CC.CCC(=O)N(C)CC1CCN(C)CC1. The molecule has 1 saturated heterocycles. The molecular formula is C15H34N2O. The summed E-state index contributed by atoms with van der Waals surface area (Å²) in [5.74, 6) is 0.982. The summed E-state index contributed by atoms with van der Waals surface area (Å²) in [7, 11) is 4.08. The van der Waals surface area contributed by atoms with Gasteiger partial charge >= 0.3 is 0 Å². The van der Waals surface area contributed by atoms with Crippen molar-refractivity contribution in [2.24, 2.45) is 5.92 Å². The van der Waals surface area contributed by atoms with E-state index in [2.05, 4.69) is 11.9 Å². The van der Waals surface area contributed by atoms with Gasteiger partial charge in [-0.2, -0.15) is 0 Å². The molecule has 0 aromatic carbocycles. The third-order valence-corrected chi connectivity index (χ3v) is 3.10. The Morgan fingerprint density at radius 2 is 1.61 bits per heavy atom. The van der Waals surface area contributed by atoms with Gasteiger partial charge in [-0.25, -0.2) is 0 Å². The first-order valence-corrected chi connectivity index (χ1v) is 7.56. The number of likely N-dealkylation sites (tertiary alicyclic amines) is 1. The average molecular weight is 258 g/mol. The lowest BCUT2D eigenvalue weighted by Gasteiger charge is -2.31. The molecule has 0 atom stereocenters. The number of piperidine rings is 1. The quantitative estimate of drug-likeness (QED) is 0.776. The molecule has 1 aliphatic heterocycles. The van der Waals surface area contributed by atoms with E-state index < -0.39 is 0 Å². The van der Waals surface area contributed by atoms with Gasteiger partial charge in [0.1, 0.15) is 0 Å². The van der Waals surface area contributed by atoms with Crippen LogP contribution in [0.1, 0.15) is 53.9 Å². The zero-order valence-corrected chi connectivity index (χ0v) is 13.6. The van der Waals surface area contributed by atoms with E-state index in [-0.39, 0.29) is 5.91 Å². The number of hydrogen-bond donors (Lipinski definition) is 0. The van der Waals surface area contributed by atoms with Crippen LogP contribution in [0.3, 0.4) is 0 Å². The van der Waals surface area contributed by atoms with Crippen molar-refractivity contribution in [3.8, 4) is 0 Å². The van der Waals surface area contributed by atoms with E-state index in [1.54, 1.807) is 0 Å². The normalized spacial score (nSPS) is 15.9. The first kappa shape index (κ1) is 19.8. The van der Waals surface area contributed by atoms with Crippen LogP contribution in [-0.4, -0.2) is 49.4 Å². The minimum Gasteiger partial charge on any atom is -0.345 e. The van der Waals surface area contributed by atoms with E-state index in [9.17, 15) is 4.79 Å². The minimum atomic E-state index is 0.268. The Kier molecular flexibility index (Phi) is 14.1. The van der Waals surface area contributed by atoms with E-state index in [0.717, 1.165) is 6.54 Å². The summed E-state index contributed by atoms with van der Waals surface area (Å²) in [5.41, 5.74) is 0. The van der Waals surface area contributed by atoms with Gasteiger partial charge in [0, 0.05) is 20.0 Å². The Morgan fingerprint density at radius 3 is 2.00 bits per heavy atom. The van der Waals surface area contributed by atoms with Gasteiger partial charge in [-0.3, -0.25) is 4.79 Å². The number of carbonyl (C=O) groups is 1. The van der Waals surface area contributed by atoms with E-state index in [4.69, 9.17) is 0 Å². The van der Waals surface area contributed by atoms with Crippen LogP contribution < -0.4 is 0 Å². The summed E-state index contributed by atoms with van der Waals surface area (Å²) >= 11 is 0. The van der Waals surface area contributed by atoms with Crippen LogP contribution in [0.25, 0.3) is 0 Å². The minimum absolute atomic E-state index is 0.268. The second kappa shape index (κ2) is 12.9. The van der Waals surface area contributed by atoms with Crippen LogP contribution in [0, 0.1) is 5.92 Å². The molecule has 0 N–H and O–H groups in total. The highest BCUT2D eigenvalue weighted by molar-refractivity contribution is 5.75. The number of amides is 1. The zero-order valence-electron chi connectivity index (χ0n) is 13.6. The maximum Gasteiger partial charge on any atom is 0.222 e. The summed E-state index contributed by atoms with van der Waals surface area (Å²) < 4.78 is 0. The molecule has 0 radical (unpaired) electrons. The molecule has 0 saturated carbocycles. The van der Waals surface area contributed by atoms with Crippen LogP contribution in [0.2, 0.25) is 0 Å². The molecule has 1 rings (SSSR count). The molecule has 0 spiro atoms. The predicted octanol–water partition coefficient (Wildman–Crippen LogP) is 3.25. The van der Waals surface area contributed by atoms with E-state index in [1.165, 1.54) is 25.9 Å². The van der Waals surface area contributed by atoms with Crippen molar-refractivity contribution in [2.75, 3.05) is 33.7 Å². The second-order valence-electron chi connectivity index (χ2n) is 4.37. The fourth-order valence-corrected chi connectivity index (χ4v) is 2.00. The standard InChI is InChI=1S/C11H22N2O.2C2H6/c1-4-11(14)13(3)9-10-5-7-12(2)8-6-10;2*1-2/h10H,4-9H2,1-3H3;2*1-2H3.